The summed E-state index contributed by atoms with van der Waals surface area (Å²) in [6.45, 7) is 1.99. The molecule has 2 aliphatic rings. The molecule has 2 heterocycles. The van der Waals surface area contributed by atoms with Crippen LogP contribution in [0.4, 0.5) is 13.2 Å². The van der Waals surface area contributed by atoms with Gasteiger partial charge in [-0.2, -0.15) is 13.2 Å². The van der Waals surface area contributed by atoms with E-state index in [1.165, 1.54) is 23.9 Å². The number of carbonyl (C=O) groups is 1. The number of nitrogens with one attached hydrogen (secondary N) is 3. The topological polar surface area (TPSA) is 53.2 Å². The van der Waals surface area contributed by atoms with Gasteiger partial charge in [0, 0.05) is 17.2 Å². The molecule has 22 heavy (non-hydrogen) atoms. The summed E-state index contributed by atoms with van der Waals surface area (Å²) < 4.78 is 38.0. The Kier molecular flexibility index (Phi) is 4.09. The molecule has 1 aromatic carbocycles. The van der Waals surface area contributed by atoms with E-state index in [9.17, 15) is 18.0 Å². The molecule has 4 nitrogen and oxygen atoms in total. The third kappa shape index (κ3) is 2.95. The van der Waals surface area contributed by atoms with E-state index in [0.717, 1.165) is 17.7 Å². The number of amides is 1. The molecule has 0 radical (unpaired) electrons. The van der Waals surface area contributed by atoms with Crippen LogP contribution >= 0.6 is 11.8 Å². The van der Waals surface area contributed by atoms with Crippen LogP contribution < -0.4 is 16.2 Å². The van der Waals surface area contributed by atoms with Crippen molar-refractivity contribution in [3.05, 3.63) is 35.4 Å². The Labute approximate surface area is 130 Å². The lowest BCUT2D eigenvalue weighted by Gasteiger charge is -2.27. The largest absolute Gasteiger partial charge is 0.416 e. The Morgan fingerprint density at radius 2 is 1.86 bits per heavy atom. The minimum Gasteiger partial charge on any atom is -0.338 e. The van der Waals surface area contributed by atoms with Crippen molar-refractivity contribution >= 4 is 17.7 Å². The summed E-state index contributed by atoms with van der Waals surface area (Å²) in [6, 6.07) is 5.33. The quantitative estimate of drug-likeness (QED) is 0.737. The molecule has 1 amide bonds. The van der Waals surface area contributed by atoms with Crippen LogP contribution in [-0.2, 0) is 11.0 Å². The van der Waals surface area contributed by atoms with Crippen molar-refractivity contribution in [1.82, 2.24) is 16.2 Å². The highest BCUT2D eigenvalue weighted by Crippen LogP contribution is 2.42. The maximum absolute atomic E-state index is 12.7. The average molecular weight is 331 g/mol. The zero-order valence-corrected chi connectivity index (χ0v) is 12.6. The molecule has 4 unspecified atom stereocenters. The van der Waals surface area contributed by atoms with E-state index in [4.69, 9.17) is 0 Å². The Hall–Kier alpha value is -1.25. The van der Waals surface area contributed by atoms with Gasteiger partial charge < -0.3 is 5.32 Å². The molecule has 0 aliphatic carbocycles. The normalized spacial score (nSPS) is 32.3. The predicted molar refractivity (Wildman–Crippen MR) is 77.8 cm³/mol. The zero-order valence-electron chi connectivity index (χ0n) is 11.8. The van der Waals surface area contributed by atoms with Gasteiger partial charge in [0.1, 0.15) is 0 Å². The summed E-state index contributed by atoms with van der Waals surface area (Å²) in [5.41, 5.74) is 6.28. The molecule has 3 rings (SSSR count). The number of thioether (sulfide) groups is 1. The lowest BCUT2D eigenvalue weighted by atomic mass is 9.91. The molecule has 2 aliphatic heterocycles. The lowest BCUT2D eigenvalue weighted by molar-refractivity contribution is -0.137. The summed E-state index contributed by atoms with van der Waals surface area (Å²) in [5.74, 6) is 0.290. The monoisotopic (exact) mass is 331 g/mol. The van der Waals surface area contributed by atoms with Crippen molar-refractivity contribution < 1.29 is 18.0 Å². The number of hydrazine groups is 1. The van der Waals surface area contributed by atoms with E-state index in [0.29, 0.717) is 5.75 Å². The molecule has 1 aromatic rings. The van der Waals surface area contributed by atoms with Crippen LogP contribution in [0.2, 0.25) is 0 Å². The standard InChI is InChI=1S/C14H16F3N3OS/c1-7-11-12(22-6-10(21)18-13(11)20-19-7)8-2-4-9(5-3-8)14(15,16)17/h2-5,7,11-13,19-20H,6H2,1H3,(H,18,21). The second-order valence-corrected chi connectivity index (χ2v) is 6.68. The van der Waals surface area contributed by atoms with Crippen molar-refractivity contribution in [1.29, 1.82) is 0 Å². The van der Waals surface area contributed by atoms with Crippen LogP contribution in [0.15, 0.2) is 24.3 Å². The van der Waals surface area contributed by atoms with Gasteiger partial charge in [0.2, 0.25) is 5.91 Å². The van der Waals surface area contributed by atoms with Gasteiger partial charge in [-0.1, -0.05) is 12.1 Å². The maximum atomic E-state index is 12.7. The van der Waals surface area contributed by atoms with E-state index >= 15 is 0 Å². The highest BCUT2D eigenvalue weighted by atomic mass is 32.2. The Morgan fingerprint density at radius 3 is 2.50 bits per heavy atom. The smallest absolute Gasteiger partial charge is 0.338 e. The Bertz CT molecular complexity index is 563. The number of benzene rings is 1. The second-order valence-electron chi connectivity index (χ2n) is 5.55. The van der Waals surface area contributed by atoms with E-state index < -0.39 is 11.7 Å². The summed E-state index contributed by atoms with van der Waals surface area (Å²) in [4.78, 5) is 11.7. The molecule has 4 atom stereocenters. The number of rotatable bonds is 1. The lowest BCUT2D eigenvalue weighted by Crippen LogP contribution is -2.46. The van der Waals surface area contributed by atoms with E-state index in [-0.39, 0.29) is 29.3 Å². The number of carbonyl (C=O) groups excluding carboxylic acids is 1. The molecule has 8 heteroatoms. The van der Waals surface area contributed by atoms with E-state index in [1.807, 2.05) is 6.92 Å². The third-order valence-electron chi connectivity index (χ3n) is 4.06. The molecule has 0 aromatic heterocycles. The van der Waals surface area contributed by atoms with Crippen LogP contribution in [0, 0.1) is 5.92 Å². The van der Waals surface area contributed by atoms with Crippen LogP contribution in [0.5, 0.6) is 0 Å². The van der Waals surface area contributed by atoms with E-state index in [1.54, 1.807) is 0 Å². The number of halogens is 3. The van der Waals surface area contributed by atoms with Crippen LogP contribution in [0.1, 0.15) is 23.3 Å². The molecule has 2 saturated heterocycles. The van der Waals surface area contributed by atoms with Gasteiger partial charge in [-0.3, -0.25) is 10.2 Å². The fourth-order valence-electron chi connectivity index (χ4n) is 2.94. The van der Waals surface area contributed by atoms with Crippen molar-refractivity contribution in [3.8, 4) is 0 Å². The molecule has 2 fully saturated rings. The van der Waals surface area contributed by atoms with Crippen molar-refractivity contribution in [2.24, 2.45) is 5.92 Å². The molecular formula is C14H16F3N3OS. The zero-order chi connectivity index (χ0) is 15.9. The predicted octanol–water partition coefficient (Wildman–Crippen LogP) is 2.05. The van der Waals surface area contributed by atoms with Crippen LogP contribution in [-0.4, -0.2) is 23.9 Å². The summed E-state index contributed by atoms with van der Waals surface area (Å²) in [6.07, 6.45) is -4.55. The van der Waals surface area contributed by atoms with Crippen LogP contribution in [0.25, 0.3) is 0 Å². The second kappa shape index (κ2) is 5.75. The fraction of sp³-hybridized carbons (Fsp3) is 0.500. The third-order valence-corrected chi connectivity index (χ3v) is 5.43. The first-order valence-corrected chi connectivity index (χ1v) is 8.00. The van der Waals surface area contributed by atoms with Gasteiger partial charge in [-0.25, -0.2) is 5.43 Å². The minimum atomic E-state index is -4.33. The molecule has 0 saturated carbocycles. The summed E-state index contributed by atoms with van der Waals surface area (Å²) in [7, 11) is 0. The molecule has 0 bridgehead atoms. The van der Waals surface area contributed by atoms with Gasteiger partial charge in [-0.15, -0.1) is 11.8 Å². The first-order valence-electron chi connectivity index (χ1n) is 6.95. The van der Waals surface area contributed by atoms with Gasteiger partial charge in [0.05, 0.1) is 17.5 Å². The maximum Gasteiger partial charge on any atom is 0.416 e. The first kappa shape index (κ1) is 15.6. The Morgan fingerprint density at radius 1 is 1.18 bits per heavy atom. The summed E-state index contributed by atoms with van der Waals surface area (Å²) in [5, 5.41) is 2.84. The average Bonchev–Trinajstić information content (AvgIpc) is 2.71. The molecule has 0 spiro atoms. The van der Waals surface area contributed by atoms with Gasteiger partial charge in [0.25, 0.3) is 0 Å². The van der Waals surface area contributed by atoms with Gasteiger partial charge >= 0.3 is 6.18 Å². The Balaban J connectivity index is 1.89. The highest BCUT2D eigenvalue weighted by Gasteiger charge is 2.42. The number of hydrogen-bond donors (Lipinski definition) is 3. The molecule has 120 valence electrons. The first-order chi connectivity index (χ1) is 10.4. The van der Waals surface area contributed by atoms with Crippen LogP contribution in [0.3, 0.4) is 0 Å². The van der Waals surface area contributed by atoms with Crippen molar-refractivity contribution in [2.45, 2.75) is 30.6 Å². The van der Waals surface area contributed by atoms with Gasteiger partial charge in [-0.05, 0) is 24.6 Å². The summed E-state index contributed by atoms with van der Waals surface area (Å²) >= 11 is 1.47. The van der Waals surface area contributed by atoms with Crippen molar-refractivity contribution in [3.63, 3.8) is 0 Å². The highest BCUT2D eigenvalue weighted by molar-refractivity contribution is 8.00. The SMILES string of the molecule is CC1NNC2NC(=O)CSC(c3ccc(C(F)(F)F)cc3)C12. The van der Waals surface area contributed by atoms with Gasteiger partial charge in [0.15, 0.2) is 0 Å². The molecular weight excluding hydrogens is 315 g/mol. The number of hydrogen-bond acceptors (Lipinski definition) is 4. The number of fused-ring (bicyclic) bond motifs is 1. The number of alkyl halides is 3. The molecule has 3 N–H and O–H groups in total. The van der Waals surface area contributed by atoms with Crippen molar-refractivity contribution in [2.75, 3.05) is 5.75 Å². The fourth-order valence-corrected chi connectivity index (χ4v) is 4.32. The van der Waals surface area contributed by atoms with E-state index in [2.05, 4.69) is 16.2 Å². The minimum absolute atomic E-state index is 0.0521.